The number of nitrogens with two attached hydrogens (primary N) is 1. The fraction of sp³-hybridized carbons (Fsp3) is 0.250. The first-order valence-corrected chi connectivity index (χ1v) is 9.42. The van der Waals surface area contributed by atoms with E-state index in [1.807, 2.05) is 6.92 Å². The van der Waals surface area contributed by atoms with Gasteiger partial charge in [-0.1, -0.05) is 24.6 Å². The van der Waals surface area contributed by atoms with Crippen LogP contribution >= 0.6 is 11.6 Å². The standard InChI is InChI=1S/C20H18ClF2N5O/c1-3-13-19-27-14-8-7-11(21)9-15(14)28(19)17-12(18(26-13)25-10(2)24)5-4-6-16(17)29-20(22)23/h4-9,13,20H,3H2,1-2H3,(H2,24,25,26). The van der Waals surface area contributed by atoms with Gasteiger partial charge in [-0.05, 0) is 43.7 Å². The topological polar surface area (TPSA) is 77.8 Å². The van der Waals surface area contributed by atoms with Crippen molar-refractivity contribution in [2.24, 2.45) is 15.7 Å². The van der Waals surface area contributed by atoms with Crippen LogP contribution < -0.4 is 10.5 Å². The van der Waals surface area contributed by atoms with Gasteiger partial charge in [0.2, 0.25) is 0 Å². The number of fused-ring (bicyclic) bond motifs is 5. The number of amidine groups is 2. The number of hydrogen-bond acceptors (Lipinski definition) is 4. The third-order valence-electron chi connectivity index (χ3n) is 4.57. The fourth-order valence-corrected chi connectivity index (χ4v) is 3.62. The molecule has 1 atom stereocenters. The Balaban J connectivity index is 2.14. The zero-order valence-corrected chi connectivity index (χ0v) is 16.5. The molecular formula is C20H18ClF2N5O. The Bertz CT molecular complexity index is 1150. The quantitative estimate of drug-likeness (QED) is 0.488. The van der Waals surface area contributed by atoms with E-state index in [-0.39, 0.29) is 11.8 Å². The number of para-hydroxylation sites is 1. The van der Waals surface area contributed by atoms with Crippen molar-refractivity contribution >= 4 is 34.3 Å². The molecule has 0 amide bonds. The van der Waals surface area contributed by atoms with Gasteiger partial charge < -0.3 is 10.5 Å². The van der Waals surface area contributed by atoms with Crippen molar-refractivity contribution in [1.29, 1.82) is 0 Å². The summed E-state index contributed by atoms with van der Waals surface area (Å²) in [7, 11) is 0. The van der Waals surface area contributed by atoms with Crippen molar-refractivity contribution in [3.05, 3.63) is 52.8 Å². The van der Waals surface area contributed by atoms with Gasteiger partial charge in [-0.15, -0.1) is 0 Å². The molecule has 0 fully saturated rings. The van der Waals surface area contributed by atoms with E-state index in [0.29, 0.717) is 51.2 Å². The summed E-state index contributed by atoms with van der Waals surface area (Å²) < 4.78 is 33.0. The Morgan fingerprint density at radius 3 is 2.83 bits per heavy atom. The van der Waals surface area contributed by atoms with E-state index in [4.69, 9.17) is 32.0 Å². The van der Waals surface area contributed by atoms with Crippen molar-refractivity contribution < 1.29 is 13.5 Å². The molecular weight excluding hydrogens is 400 g/mol. The van der Waals surface area contributed by atoms with Crippen molar-refractivity contribution in [3.8, 4) is 11.4 Å². The highest BCUT2D eigenvalue weighted by atomic mass is 35.5. The molecule has 0 radical (unpaired) electrons. The largest absolute Gasteiger partial charge is 0.433 e. The fourth-order valence-electron chi connectivity index (χ4n) is 3.45. The Kier molecular flexibility index (Phi) is 4.96. The molecule has 29 heavy (non-hydrogen) atoms. The maximum Gasteiger partial charge on any atom is 0.387 e. The van der Waals surface area contributed by atoms with Crippen molar-refractivity contribution in [2.75, 3.05) is 0 Å². The SMILES string of the molecule is CCC1N=C(N=C(C)N)c2cccc(OC(F)F)c2-n2c1nc1ccc(Cl)cc12. The summed E-state index contributed by atoms with van der Waals surface area (Å²) in [6.07, 6.45) is 0.624. The molecule has 0 bridgehead atoms. The van der Waals surface area contributed by atoms with Crippen LogP contribution in [0, 0.1) is 0 Å². The smallest absolute Gasteiger partial charge is 0.387 e. The van der Waals surface area contributed by atoms with Crippen LogP contribution in [0.25, 0.3) is 16.7 Å². The van der Waals surface area contributed by atoms with Gasteiger partial charge in [-0.25, -0.2) is 9.98 Å². The molecule has 3 aromatic rings. The summed E-state index contributed by atoms with van der Waals surface area (Å²) in [5, 5.41) is 0.503. The number of halogens is 3. The Morgan fingerprint density at radius 2 is 2.14 bits per heavy atom. The van der Waals surface area contributed by atoms with Gasteiger partial charge in [-0.3, -0.25) is 9.56 Å². The van der Waals surface area contributed by atoms with Gasteiger partial charge in [0.15, 0.2) is 11.6 Å². The van der Waals surface area contributed by atoms with Gasteiger partial charge in [0.1, 0.15) is 17.6 Å². The minimum Gasteiger partial charge on any atom is -0.433 e. The summed E-state index contributed by atoms with van der Waals surface area (Å²) in [6, 6.07) is 9.75. The number of benzene rings is 2. The molecule has 4 rings (SSSR count). The van der Waals surface area contributed by atoms with Gasteiger partial charge >= 0.3 is 6.61 Å². The van der Waals surface area contributed by atoms with E-state index in [1.165, 1.54) is 6.07 Å². The first-order valence-electron chi connectivity index (χ1n) is 9.04. The van der Waals surface area contributed by atoms with Crippen LogP contribution in [0.15, 0.2) is 46.4 Å². The minimum atomic E-state index is -2.99. The lowest BCUT2D eigenvalue weighted by Crippen LogP contribution is -2.13. The third-order valence-corrected chi connectivity index (χ3v) is 4.80. The Hall–Kier alpha value is -3.00. The number of ether oxygens (including phenoxy) is 1. The van der Waals surface area contributed by atoms with Crippen molar-refractivity contribution in [1.82, 2.24) is 9.55 Å². The number of imidazole rings is 1. The van der Waals surface area contributed by atoms with E-state index in [9.17, 15) is 8.78 Å². The molecule has 2 aromatic carbocycles. The average Bonchev–Trinajstić information content (AvgIpc) is 2.96. The van der Waals surface area contributed by atoms with E-state index in [1.54, 1.807) is 41.8 Å². The molecule has 6 nitrogen and oxygen atoms in total. The van der Waals surface area contributed by atoms with Gasteiger partial charge in [0.25, 0.3) is 0 Å². The molecule has 1 aromatic heterocycles. The van der Waals surface area contributed by atoms with Crippen LogP contribution in [0.5, 0.6) is 5.75 Å². The number of alkyl halides is 2. The highest BCUT2D eigenvalue weighted by Gasteiger charge is 2.29. The minimum absolute atomic E-state index is 0.00708. The zero-order chi connectivity index (χ0) is 20.7. The first kappa shape index (κ1) is 19.3. The number of rotatable bonds is 3. The summed E-state index contributed by atoms with van der Waals surface area (Å²) in [6.45, 7) is 0.614. The van der Waals surface area contributed by atoms with E-state index in [0.717, 1.165) is 0 Å². The average molecular weight is 418 g/mol. The lowest BCUT2D eigenvalue weighted by Gasteiger charge is -2.17. The van der Waals surface area contributed by atoms with Crippen molar-refractivity contribution in [3.63, 3.8) is 0 Å². The molecule has 1 unspecified atom stereocenters. The van der Waals surface area contributed by atoms with Gasteiger partial charge in [0.05, 0.1) is 16.9 Å². The maximum atomic E-state index is 13.2. The molecule has 2 N–H and O–H groups in total. The lowest BCUT2D eigenvalue weighted by atomic mass is 10.1. The Labute approximate surface area is 170 Å². The van der Waals surface area contributed by atoms with E-state index in [2.05, 4.69) is 4.99 Å². The monoisotopic (exact) mass is 417 g/mol. The number of nitrogens with zero attached hydrogens (tertiary/aromatic N) is 4. The van der Waals surface area contributed by atoms with Crippen molar-refractivity contribution in [2.45, 2.75) is 32.9 Å². The second-order valence-electron chi connectivity index (χ2n) is 6.60. The summed E-state index contributed by atoms with van der Waals surface area (Å²) in [5.41, 5.74) is 8.05. The Morgan fingerprint density at radius 1 is 1.34 bits per heavy atom. The highest BCUT2D eigenvalue weighted by molar-refractivity contribution is 6.31. The predicted molar refractivity (Wildman–Crippen MR) is 110 cm³/mol. The molecule has 150 valence electrons. The van der Waals surface area contributed by atoms with Gasteiger partial charge in [-0.2, -0.15) is 8.78 Å². The number of hydrogen-bond donors (Lipinski definition) is 1. The normalized spacial score (nSPS) is 16.4. The van der Waals surface area contributed by atoms with Crippen LogP contribution in [0.1, 0.15) is 37.7 Å². The third kappa shape index (κ3) is 3.44. The molecule has 1 aliphatic rings. The molecule has 1 aliphatic heterocycles. The number of aromatic nitrogens is 2. The van der Waals surface area contributed by atoms with Crippen LogP contribution in [0.2, 0.25) is 5.02 Å². The summed E-state index contributed by atoms with van der Waals surface area (Å²) in [5.74, 6) is 1.23. The second-order valence-corrected chi connectivity index (χ2v) is 7.04. The van der Waals surface area contributed by atoms with Crippen LogP contribution in [0.3, 0.4) is 0 Å². The molecule has 0 saturated carbocycles. The lowest BCUT2D eigenvalue weighted by molar-refractivity contribution is -0.0498. The zero-order valence-electron chi connectivity index (χ0n) is 15.7. The maximum absolute atomic E-state index is 13.2. The predicted octanol–water partition coefficient (Wildman–Crippen LogP) is 4.87. The molecule has 0 saturated heterocycles. The molecule has 2 heterocycles. The summed E-state index contributed by atoms with van der Waals surface area (Å²) >= 11 is 6.22. The van der Waals surface area contributed by atoms with E-state index >= 15 is 0 Å². The molecule has 0 aliphatic carbocycles. The highest BCUT2D eigenvalue weighted by Crippen LogP contribution is 2.39. The number of aliphatic imine (C=N–C) groups is 2. The molecule has 9 heteroatoms. The molecule has 0 spiro atoms. The van der Waals surface area contributed by atoms with E-state index < -0.39 is 6.61 Å². The van der Waals surface area contributed by atoms with Crippen LogP contribution in [-0.4, -0.2) is 27.8 Å². The summed E-state index contributed by atoms with van der Waals surface area (Å²) in [4.78, 5) is 13.8. The van der Waals surface area contributed by atoms with Gasteiger partial charge in [0, 0.05) is 10.6 Å². The second kappa shape index (κ2) is 7.44. The van der Waals surface area contributed by atoms with Crippen LogP contribution in [0.4, 0.5) is 8.78 Å². The van der Waals surface area contributed by atoms with Crippen LogP contribution in [-0.2, 0) is 0 Å². The first-order chi connectivity index (χ1) is 13.9.